The van der Waals surface area contributed by atoms with E-state index in [9.17, 15) is 4.79 Å². The predicted octanol–water partition coefficient (Wildman–Crippen LogP) is 1.97. The number of carbonyl (C=O) groups excluding carboxylic acids is 1. The second kappa shape index (κ2) is 5.60. The van der Waals surface area contributed by atoms with Crippen LogP contribution in [0.25, 0.3) is 0 Å². The molecule has 2 aromatic rings. The first-order valence-corrected chi connectivity index (χ1v) is 6.47. The third-order valence-corrected chi connectivity index (χ3v) is 2.84. The number of amides is 2. The van der Waals surface area contributed by atoms with Crippen molar-refractivity contribution in [3.8, 4) is 0 Å². The number of anilines is 2. The highest BCUT2D eigenvalue weighted by Gasteiger charge is 2.23. The van der Waals surface area contributed by atoms with E-state index in [1.165, 1.54) is 0 Å². The average Bonchev–Trinajstić information content (AvgIpc) is 3.10. The molecule has 0 aliphatic heterocycles. The molecule has 20 heavy (non-hydrogen) atoms. The predicted molar refractivity (Wildman–Crippen MR) is 73.2 cm³/mol. The normalized spacial score (nSPS) is 13.8. The highest BCUT2D eigenvalue weighted by atomic mass is 16.3. The van der Waals surface area contributed by atoms with Gasteiger partial charge in [-0.1, -0.05) is 0 Å². The van der Waals surface area contributed by atoms with Crippen molar-refractivity contribution in [2.24, 2.45) is 0 Å². The van der Waals surface area contributed by atoms with E-state index in [0.29, 0.717) is 24.2 Å². The second-order valence-corrected chi connectivity index (χ2v) is 4.61. The Kier molecular flexibility index (Phi) is 3.49. The summed E-state index contributed by atoms with van der Waals surface area (Å²) in [5.74, 6) is 1.86. The first-order valence-electron chi connectivity index (χ1n) is 6.47. The summed E-state index contributed by atoms with van der Waals surface area (Å²) in [7, 11) is 0. The molecule has 1 aliphatic carbocycles. The van der Waals surface area contributed by atoms with Gasteiger partial charge in [0.1, 0.15) is 11.6 Å². The Bertz CT molecular complexity index is 563. The molecule has 1 fully saturated rings. The zero-order valence-electron chi connectivity index (χ0n) is 10.8. The van der Waals surface area contributed by atoms with E-state index in [1.807, 2.05) is 12.1 Å². The van der Waals surface area contributed by atoms with E-state index in [0.717, 1.165) is 18.6 Å². The van der Waals surface area contributed by atoms with E-state index < -0.39 is 0 Å². The number of nitrogens with zero attached hydrogens (tertiary/aromatic N) is 2. The van der Waals surface area contributed by atoms with E-state index >= 15 is 0 Å². The zero-order valence-corrected chi connectivity index (χ0v) is 10.8. The Hall–Kier alpha value is -2.57. The minimum atomic E-state index is -0.238. The third-order valence-electron chi connectivity index (χ3n) is 2.84. The molecule has 0 aromatic carbocycles. The number of aromatic nitrogens is 2. The molecule has 1 saturated carbocycles. The summed E-state index contributed by atoms with van der Waals surface area (Å²) in [6, 6.07) is 7.23. The summed E-state index contributed by atoms with van der Waals surface area (Å²) in [5.41, 5.74) is 0. The minimum absolute atomic E-state index is 0.238. The van der Waals surface area contributed by atoms with E-state index in [2.05, 4.69) is 26.1 Å². The molecule has 1 aliphatic rings. The summed E-state index contributed by atoms with van der Waals surface area (Å²) >= 11 is 0. The van der Waals surface area contributed by atoms with Gasteiger partial charge >= 0.3 is 6.03 Å². The van der Waals surface area contributed by atoms with Crippen molar-refractivity contribution in [3.05, 3.63) is 36.3 Å². The lowest BCUT2D eigenvalue weighted by Crippen LogP contribution is -2.30. The fourth-order valence-corrected chi connectivity index (χ4v) is 1.65. The van der Waals surface area contributed by atoms with Gasteiger partial charge in [-0.05, 0) is 37.1 Å². The number of nitrogens with one attached hydrogen (secondary N) is 3. The first kappa shape index (κ1) is 12.5. The third kappa shape index (κ3) is 3.47. The lowest BCUT2D eigenvalue weighted by molar-refractivity contribution is 0.251. The van der Waals surface area contributed by atoms with Crippen molar-refractivity contribution in [3.63, 3.8) is 0 Å². The number of hydrogen-bond acceptors (Lipinski definition) is 5. The van der Waals surface area contributed by atoms with Crippen molar-refractivity contribution in [2.45, 2.75) is 25.4 Å². The van der Waals surface area contributed by atoms with Gasteiger partial charge in [0, 0.05) is 6.04 Å². The van der Waals surface area contributed by atoms with Crippen LogP contribution < -0.4 is 16.0 Å². The monoisotopic (exact) mass is 273 g/mol. The molecular weight excluding hydrogens is 258 g/mol. The summed E-state index contributed by atoms with van der Waals surface area (Å²) < 4.78 is 5.20. The Morgan fingerprint density at radius 3 is 2.70 bits per heavy atom. The maximum absolute atomic E-state index is 11.5. The number of furan rings is 1. The van der Waals surface area contributed by atoms with Gasteiger partial charge in [0.25, 0.3) is 0 Å². The van der Waals surface area contributed by atoms with Gasteiger partial charge in [-0.3, -0.25) is 5.32 Å². The maximum Gasteiger partial charge on any atom is 0.320 e. The lowest BCUT2D eigenvalue weighted by atomic mass is 10.4. The average molecular weight is 273 g/mol. The molecule has 0 spiro atoms. The first-order chi connectivity index (χ1) is 9.79. The van der Waals surface area contributed by atoms with Crippen LogP contribution in [0.4, 0.5) is 16.4 Å². The van der Waals surface area contributed by atoms with Crippen LogP contribution in [0.1, 0.15) is 18.6 Å². The van der Waals surface area contributed by atoms with Crippen LogP contribution in [-0.2, 0) is 6.54 Å². The van der Waals surface area contributed by atoms with Crippen molar-refractivity contribution >= 4 is 17.7 Å². The molecule has 7 nitrogen and oxygen atoms in total. The van der Waals surface area contributed by atoms with Gasteiger partial charge in [-0.25, -0.2) is 4.79 Å². The molecule has 0 saturated heterocycles. The molecule has 0 unspecified atom stereocenters. The van der Waals surface area contributed by atoms with Gasteiger partial charge in [-0.15, -0.1) is 10.2 Å². The Morgan fingerprint density at radius 1 is 1.25 bits per heavy atom. The van der Waals surface area contributed by atoms with E-state index in [-0.39, 0.29) is 6.03 Å². The maximum atomic E-state index is 11.5. The molecule has 2 amide bonds. The smallest absolute Gasteiger partial charge is 0.320 e. The number of rotatable bonds is 5. The number of hydrogen-bond donors (Lipinski definition) is 3. The molecule has 3 rings (SSSR count). The van der Waals surface area contributed by atoms with Gasteiger partial charge in [0.15, 0.2) is 5.82 Å². The van der Waals surface area contributed by atoms with Crippen LogP contribution in [0.3, 0.4) is 0 Å². The Labute approximate surface area is 115 Å². The van der Waals surface area contributed by atoms with Crippen LogP contribution in [0.5, 0.6) is 0 Å². The highest BCUT2D eigenvalue weighted by molar-refractivity contribution is 5.88. The molecule has 104 valence electrons. The number of carbonyl (C=O) groups is 1. The van der Waals surface area contributed by atoms with Gasteiger partial charge in [-0.2, -0.15) is 0 Å². The highest BCUT2D eigenvalue weighted by Crippen LogP contribution is 2.18. The largest absolute Gasteiger partial charge is 0.467 e. The Morgan fingerprint density at radius 2 is 2.05 bits per heavy atom. The SMILES string of the molecule is O=C(Nc1ccc(NCc2ccco2)nn1)NC1CC1. The fraction of sp³-hybridized carbons (Fsp3) is 0.308. The van der Waals surface area contributed by atoms with Gasteiger partial charge in [0.05, 0.1) is 12.8 Å². The summed E-state index contributed by atoms with van der Waals surface area (Å²) in [4.78, 5) is 11.5. The van der Waals surface area contributed by atoms with Crippen LogP contribution in [0, 0.1) is 0 Å². The molecule has 3 N–H and O–H groups in total. The second-order valence-electron chi connectivity index (χ2n) is 4.61. The topological polar surface area (TPSA) is 92.1 Å². The summed E-state index contributed by atoms with van der Waals surface area (Å²) in [6.45, 7) is 0.538. The summed E-state index contributed by atoms with van der Waals surface area (Å²) in [5, 5.41) is 16.4. The van der Waals surface area contributed by atoms with Crippen LogP contribution in [0.2, 0.25) is 0 Å². The molecule has 0 bridgehead atoms. The number of urea groups is 1. The van der Waals surface area contributed by atoms with Crippen LogP contribution in [0.15, 0.2) is 34.9 Å². The summed E-state index contributed by atoms with van der Waals surface area (Å²) in [6.07, 6.45) is 3.72. The van der Waals surface area contributed by atoms with Gasteiger partial charge in [0.2, 0.25) is 0 Å². The molecule has 2 aromatic heterocycles. The fourth-order valence-electron chi connectivity index (χ4n) is 1.65. The van der Waals surface area contributed by atoms with E-state index in [4.69, 9.17) is 4.42 Å². The van der Waals surface area contributed by atoms with E-state index in [1.54, 1.807) is 18.4 Å². The van der Waals surface area contributed by atoms with Crippen molar-refractivity contribution in [1.29, 1.82) is 0 Å². The zero-order chi connectivity index (χ0) is 13.8. The molecule has 0 radical (unpaired) electrons. The molecule has 0 atom stereocenters. The Balaban J connectivity index is 1.49. The standard InChI is InChI=1S/C13H15N5O2/c19-13(15-9-3-4-9)16-12-6-5-11(17-18-12)14-8-10-2-1-7-20-10/h1-2,5-7,9H,3-4,8H2,(H,14,17)(H2,15,16,18,19). The van der Waals surface area contributed by atoms with Crippen molar-refractivity contribution in [2.75, 3.05) is 10.6 Å². The van der Waals surface area contributed by atoms with Crippen molar-refractivity contribution in [1.82, 2.24) is 15.5 Å². The van der Waals surface area contributed by atoms with Gasteiger partial charge < -0.3 is 15.1 Å². The van der Waals surface area contributed by atoms with Crippen molar-refractivity contribution < 1.29 is 9.21 Å². The van der Waals surface area contributed by atoms with Crippen LogP contribution >= 0.6 is 0 Å². The lowest BCUT2D eigenvalue weighted by Gasteiger charge is -2.06. The molecule has 7 heteroatoms. The quantitative estimate of drug-likeness (QED) is 0.774. The molecular formula is C13H15N5O2. The molecule has 2 heterocycles. The van der Waals surface area contributed by atoms with Crippen LogP contribution in [-0.4, -0.2) is 22.3 Å². The minimum Gasteiger partial charge on any atom is -0.467 e.